The molecule has 0 heterocycles. The first-order chi connectivity index (χ1) is 5.24. The van der Waals surface area contributed by atoms with E-state index >= 15 is 0 Å². The first-order valence-corrected chi connectivity index (χ1v) is 3.34. The number of hydrogen-bond acceptors (Lipinski definition) is 2. The van der Waals surface area contributed by atoms with E-state index in [0.29, 0.717) is 5.84 Å². The highest BCUT2D eigenvalue weighted by atomic mass is 15.1. The zero-order chi connectivity index (χ0) is 8.27. The zero-order valence-corrected chi connectivity index (χ0v) is 6.41. The van der Waals surface area contributed by atoms with E-state index in [1.165, 1.54) is 0 Å². The van der Waals surface area contributed by atoms with E-state index in [1.54, 1.807) is 0 Å². The third-order valence-corrected chi connectivity index (χ3v) is 1.45. The summed E-state index contributed by atoms with van der Waals surface area (Å²) in [4.78, 5) is 0. The topological polar surface area (TPSA) is 64.4 Å². The van der Waals surface area contributed by atoms with E-state index < -0.39 is 0 Å². The van der Waals surface area contributed by atoms with Crippen LogP contribution in [0.1, 0.15) is 11.1 Å². The second kappa shape index (κ2) is 3.05. The summed E-state index contributed by atoms with van der Waals surface area (Å²) < 4.78 is 0. The van der Waals surface area contributed by atoms with E-state index in [1.807, 2.05) is 31.2 Å². The van der Waals surface area contributed by atoms with Crippen LogP contribution in [0.15, 0.2) is 29.4 Å². The fourth-order valence-corrected chi connectivity index (χ4v) is 0.879. The molecule has 1 rings (SSSR count). The largest absolute Gasteiger partial charge is 0.382 e. The molecule has 0 fully saturated rings. The normalized spacial score (nSPS) is 11.5. The third kappa shape index (κ3) is 1.70. The molecule has 0 atom stereocenters. The molecular formula is C8H11N3. The predicted octanol–water partition coefficient (Wildman–Crippen LogP) is 0.574. The van der Waals surface area contributed by atoms with Crippen LogP contribution in [0.2, 0.25) is 0 Å². The Bertz CT molecular complexity index is 278. The van der Waals surface area contributed by atoms with E-state index in [2.05, 4.69) is 5.10 Å². The zero-order valence-electron chi connectivity index (χ0n) is 6.41. The Morgan fingerprint density at radius 1 is 1.45 bits per heavy atom. The Morgan fingerprint density at radius 3 is 2.73 bits per heavy atom. The van der Waals surface area contributed by atoms with Crippen LogP contribution in [0.5, 0.6) is 0 Å². The highest BCUT2D eigenvalue weighted by Crippen LogP contribution is 2.02. The maximum atomic E-state index is 5.49. The van der Waals surface area contributed by atoms with Crippen molar-refractivity contribution >= 4 is 5.84 Å². The molecule has 0 radical (unpaired) electrons. The van der Waals surface area contributed by atoms with Gasteiger partial charge in [0.2, 0.25) is 0 Å². The summed E-state index contributed by atoms with van der Waals surface area (Å²) in [5, 5.41) is 3.39. The Labute approximate surface area is 65.7 Å². The minimum absolute atomic E-state index is 0.369. The highest BCUT2D eigenvalue weighted by molar-refractivity contribution is 5.97. The summed E-state index contributed by atoms with van der Waals surface area (Å²) in [6.45, 7) is 1.99. The van der Waals surface area contributed by atoms with E-state index in [9.17, 15) is 0 Å². The fraction of sp³-hybridized carbons (Fsp3) is 0.125. The quantitative estimate of drug-likeness (QED) is 0.265. The molecule has 58 valence electrons. The average molecular weight is 149 g/mol. The van der Waals surface area contributed by atoms with Crippen molar-refractivity contribution < 1.29 is 0 Å². The molecule has 0 spiro atoms. The number of rotatable bonds is 1. The van der Waals surface area contributed by atoms with Gasteiger partial charge >= 0.3 is 0 Å². The van der Waals surface area contributed by atoms with Crippen LogP contribution in [0.3, 0.4) is 0 Å². The number of hydrogen-bond donors (Lipinski definition) is 2. The first kappa shape index (κ1) is 7.60. The van der Waals surface area contributed by atoms with Gasteiger partial charge in [0.25, 0.3) is 0 Å². The van der Waals surface area contributed by atoms with Crippen LogP contribution in [0, 0.1) is 6.92 Å². The van der Waals surface area contributed by atoms with Crippen LogP contribution >= 0.6 is 0 Å². The molecule has 0 aliphatic carbocycles. The van der Waals surface area contributed by atoms with Gasteiger partial charge in [0.1, 0.15) is 5.84 Å². The van der Waals surface area contributed by atoms with Crippen molar-refractivity contribution in [1.29, 1.82) is 0 Å². The Balaban J connectivity index is 3.06. The standard InChI is InChI=1S/C8H11N3/c1-6-3-2-4-7(5-6)8(9)11-10/h2-5H,10H2,1H3,(H2,9,11). The molecule has 11 heavy (non-hydrogen) atoms. The monoisotopic (exact) mass is 149 g/mol. The van der Waals surface area contributed by atoms with E-state index in [4.69, 9.17) is 11.6 Å². The van der Waals surface area contributed by atoms with Crippen molar-refractivity contribution in [3.05, 3.63) is 35.4 Å². The number of aryl methyl sites for hydroxylation is 1. The predicted molar refractivity (Wildman–Crippen MR) is 46.1 cm³/mol. The summed E-state index contributed by atoms with van der Waals surface area (Å²) in [7, 11) is 0. The van der Waals surface area contributed by atoms with Gasteiger partial charge in [0.05, 0.1) is 0 Å². The second-order valence-corrected chi connectivity index (χ2v) is 2.38. The SMILES string of the molecule is Cc1cccc(/C(N)=N/N)c1. The molecule has 0 unspecified atom stereocenters. The first-order valence-electron chi connectivity index (χ1n) is 3.34. The molecule has 4 N–H and O–H groups in total. The van der Waals surface area contributed by atoms with Gasteiger partial charge < -0.3 is 11.6 Å². The number of benzene rings is 1. The average Bonchev–Trinajstić information content (AvgIpc) is 2.03. The molecule has 0 amide bonds. The van der Waals surface area contributed by atoms with Crippen LogP contribution in [0.4, 0.5) is 0 Å². The summed E-state index contributed by atoms with van der Waals surface area (Å²) in [6, 6.07) is 7.72. The Morgan fingerprint density at radius 2 is 2.18 bits per heavy atom. The van der Waals surface area contributed by atoms with Crippen molar-refractivity contribution in [2.75, 3.05) is 0 Å². The van der Waals surface area contributed by atoms with Gasteiger partial charge in [-0.2, -0.15) is 5.10 Å². The van der Waals surface area contributed by atoms with Crippen molar-refractivity contribution in [2.45, 2.75) is 6.92 Å². The van der Waals surface area contributed by atoms with Gasteiger partial charge in [-0.15, -0.1) is 0 Å². The van der Waals surface area contributed by atoms with Crippen LogP contribution in [-0.2, 0) is 0 Å². The Kier molecular flexibility index (Phi) is 2.11. The molecule has 0 aliphatic heterocycles. The molecular weight excluding hydrogens is 138 g/mol. The van der Waals surface area contributed by atoms with E-state index in [-0.39, 0.29) is 0 Å². The second-order valence-electron chi connectivity index (χ2n) is 2.38. The van der Waals surface area contributed by atoms with Crippen molar-refractivity contribution in [3.8, 4) is 0 Å². The molecule has 0 bridgehead atoms. The van der Waals surface area contributed by atoms with Gasteiger partial charge in [0.15, 0.2) is 0 Å². The van der Waals surface area contributed by atoms with Gasteiger partial charge in [-0.05, 0) is 13.0 Å². The summed E-state index contributed by atoms with van der Waals surface area (Å²) in [5.41, 5.74) is 7.50. The lowest BCUT2D eigenvalue weighted by Gasteiger charge is -1.98. The van der Waals surface area contributed by atoms with Gasteiger partial charge in [0, 0.05) is 5.56 Å². The summed E-state index contributed by atoms with van der Waals surface area (Å²) in [6.07, 6.45) is 0. The van der Waals surface area contributed by atoms with Gasteiger partial charge in [-0.3, -0.25) is 0 Å². The minimum Gasteiger partial charge on any atom is -0.382 e. The third-order valence-electron chi connectivity index (χ3n) is 1.45. The van der Waals surface area contributed by atoms with Crippen molar-refractivity contribution in [1.82, 2.24) is 0 Å². The maximum Gasteiger partial charge on any atom is 0.150 e. The number of nitrogens with two attached hydrogens (primary N) is 2. The van der Waals surface area contributed by atoms with Gasteiger partial charge in [-0.25, -0.2) is 0 Å². The maximum absolute atomic E-state index is 5.49. The molecule has 3 heteroatoms. The van der Waals surface area contributed by atoms with E-state index in [0.717, 1.165) is 11.1 Å². The highest BCUT2D eigenvalue weighted by Gasteiger charge is 1.95. The number of hydrazone groups is 1. The lowest BCUT2D eigenvalue weighted by atomic mass is 10.1. The van der Waals surface area contributed by atoms with Gasteiger partial charge in [-0.1, -0.05) is 23.8 Å². The molecule has 1 aromatic rings. The molecule has 1 aromatic carbocycles. The molecule has 0 aromatic heterocycles. The molecule has 0 aliphatic rings. The molecule has 0 saturated heterocycles. The molecule has 0 saturated carbocycles. The number of nitrogens with zero attached hydrogens (tertiary/aromatic N) is 1. The van der Waals surface area contributed by atoms with Crippen molar-refractivity contribution in [3.63, 3.8) is 0 Å². The van der Waals surface area contributed by atoms with Crippen LogP contribution in [0.25, 0.3) is 0 Å². The summed E-state index contributed by atoms with van der Waals surface area (Å²) in [5.74, 6) is 5.39. The fourth-order valence-electron chi connectivity index (χ4n) is 0.879. The smallest absolute Gasteiger partial charge is 0.150 e. The minimum atomic E-state index is 0.369. The summed E-state index contributed by atoms with van der Waals surface area (Å²) >= 11 is 0. The van der Waals surface area contributed by atoms with Crippen LogP contribution in [-0.4, -0.2) is 5.84 Å². The lowest BCUT2D eigenvalue weighted by molar-refractivity contribution is 1.23. The number of amidine groups is 1. The van der Waals surface area contributed by atoms with Crippen molar-refractivity contribution in [2.24, 2.45) is 16.7 Å². The lowest BCUT2D eigenvalue weighted by Crippen LogP contribution is -2.15. The Hall–Kier alpha value is -1.51. The molecule has 3 nitrogen and oxygen atoms in total. The van der Waals surface area contributed by atoms with Crippen LogP contribution < -0.4 is 11.6 Å².